The fourth-order valence-corrected chi connectivity index (χ4v) is 2.12. The van der Waals surface area contributed by atoms with Crippen LogP contribution in [0.3, 0.4) is 0 Å². The van der Waals surface area contributed by atoms with Gasteiger partial charge in [0.2, 0.25) is 5.88 Å². The van der Waals surface area contributed by atoms with Crippen LogP contribution in [0.5, 0.6) is 11.6 Å². The topological polar surface area (TPSA) is 85.4 Å². The molecule has 1 heterocycles. The molecule has 7 nitrogen and oxygen atoms in total. The van der Waals surface area contributed by atoms with E-state index >= 15 is 0 Å². The molecule has 2 aromatic rings. The van der Waals surface area contributed by atoms with E-state index in [0.29, 0.717) is 36.1 Å². The van der Waals surface area contributed by atoms with Crippen molar-refractivity contribution in [1.29, 1.82) is 0 Å². The Balaban J connectivity index is 1.69. The minimum atomic E-state index is -0.241. The number of ether oxygens (including phenoxy) is 2. The quantitative estimate of drug-likeness (QED) is 0.718. The van der Waals surface area contributed by atoms with Crippen molar-refractivity contribution >= 4 is 11.7 Å². The first kappa shape index (κ1) is 19.2. The van der Waals surface area contributed by atoms with Crippen molar-refractivity contribution in [2.24, 2.45) is 0 Å². The number of aromatic nitrogens is 2. The third-order valence-corrected chi connectivity index (χ3v) is 3.72. The molecular weight excluding hydrogens is 332 g/mol. The number of hydrogen-bond donors (Lipinski definition) is 2. The molecule has 2 rings (SSSR count). The van der Waals surface area contributed by atoms with E-state index in [1.54, 1.807) is 6.20 Å². The largest absolute Gasteiger partial charge is 0.484 e. The number of methoxy groups -OCH3 is 1. The molecule has 0 aliphatic heterocycles. The van der Waals surface area contributed by atoms with Crippen LogP contribution in [0.25, 0.3) is 0 Å². The third-order valence-electron chi connectivity index (χ3n) is 3.72. The first-order valence-electron chi connectivity index (χ1n) is 8.25. The van der Waals surface area contributed by atoms with E-state index < -0.39 is 0 Å². The zero-order valence-corrected chi connectivity index (χ0v) is 15.3. The highest BCUT2D eigenvalue weighted by molar-refractivity contribution is 5.79. The number of carbonyl (C=O) groups is 1. The molecule has 1 aromatic carbocycles. The zero-order valence-electron chi connectivity index (χ0n) is 15.3. The number of rotatable bonds is 9. The smallest absolute Gasteiger partial charge is 0.262 e. The van der Waals surface area contributed by atoms with Crippen molar-refractivity contribution in [3.8, 4) is 11.6 Å². The van der Waals surface area contributed by atoms with Gasteiger partial charge in [-0.15, -0.1) is 0 Å². The van der Waals surface area contributed by atoms with Crippen molar-refractivity contribution in [3.63, 3.8) is 0 Å². The van der Waals surface area contributed by atoms with Crippen molar-refractivity contribution in [3.05, 3.63) is 54.0 Å². The molecule has 0 aliphatic rings. The SMILES string of the molecule is C=C(CCNc1cncc(OC)n1)NC(=O)COc1ccc(C)c(C)c1. The van der Waals surface area contributed by atoms with Gasteiger partial charge in [-0.2, -0.15) is 4.98 Å². The van der Waals surface area contributed by atoms with Crippen LogP contribution in [0.4, 0.5) is 5.82 Å². The van der Waals surface area contributed by atoms with Crippen LogP contribution < -0.4 is 20.1 Å². The van der Waals surface area contributed by atoms with Crippen LogP contribution in [0.15, 0.2) is 42.9 Å². The summed E-state index contributed by atoms with van der Waals surface area (Å²) in [5, 5.41) is 5.82. The lowest BCUT2D eigenvalue weighted by molar-refractivity contribution is -0.122. The summed E-state index contributed by atoms with van der Waals surface area (Å²) in [5.74, 6) is 1.47. The molecule has 0 saturated carbocycles. The maximum atomic E-state index is 11.9. The van der Waals surface area contributed by atoms with Crippen molar-refractivity contribution < 1.29 is 14.3 Å². The van der Waals surface area contributed by atoms with Gasteiger partial charge >= 0.3 is 0 Å². The van der Waals surface area contributed by atoms with Crippen LogP contribution >= 0.6 is 0 Å². The molecule has 0 radical (unpaired) electrons. The lowest BCUT2D eigenvalue weighted by atomic mass is 10.1. The number of amides is 1. The lowest BCUT2D eigenvalue weighted by Gasteiger charge is -2.11. The second-order valence-electron chi connectivity index (χ2n) is 5.81. The van der Waals surface area contributed by atoms with Crippen LogP contribution in [0.1, 0.15) is 17.5 Å². The fraction of sp³-hybridized carbons (Fsp3) is 0.316. The molecule has 0 atom stereocenters. The van der Waals surface area contributed by atoms with Crippen molar-refractivity contribution in [2.75, 3.05) is 25.6 Å². The molecule has 1 amide bonds. The average Bonchev–Trinajstić information content (AvgIpc) is 2.63. The van der Waals surface area contributed by atoms with E-state index in [9.17, 15) is 4.79 Å². The predicted octanol–water partition coefficient (Wildman–Crippen LogP) is 2.61. The molecule has 26 heavy (non-hydrogen) atoms. The summed E-state index contributed by atoms with van der Waals surface area (Å²) in [4.78, 5) is 20.1. The maximum absolute atomic E-state index is 11.9. The highest BCUT2D eigenvalue weighted by Gasteiger charge is 2.06. The van der Waals surface area contributed by atoms with E-state index in [4.69, 9.17) is 9.47 Å². The van der Waals surface area contributed by atoms with Gasteiger partial charge in [-0.1, -0.05) is 12.6 Å². The van der Waals surface area contributed by atoms with Crippen LogP contribution in [-0.4, -0.2) is 36.1 Å². The molecule has 0 fully saturated rings. The van der Waals surface area contributed by atoms with Gasteiger partial charge in [-0.25, -0.2) is 0 Å². The molecule has 0 spiro atoms. The molecule has 0 saturated heterocycles. The number of benzene rings is 1. The Labute approximate surface area is 153 Å². The summed E-state index contributed by atoms with van der Waals surface area (Å²) < 4.78 is 10.5. The Morgan fingerprint density at radius 3 is 2.77 bits per heavy atom. The second kappa shape index (κ2) is 9.41. The van der Waals surface area contributed by atoms with E-state index in [2.05, 4.69) is 27.2 Å². The van der Waals surface area contributed by atoms with Crippen molar-refractivity contribution in [2.45, 2.75) is 20.3 Å². The maximum Gasteiger partial charge on any atom is 0.262 e. The number of nitrogens with zero attached hydrogens (tertiary/aromatic N) is 2. The van der Waals surface area contributed by atoms with Crippen LogP contribution in [-0.2, 0) is 4.79 Å². The van der Waals surface area contributed by atoms with Gasteiger partial charge in [0.25, 0.3) is 5.91 Å². The Bertz CT molecular complexity index is 777. The van der Waals surface area contributed by atoms with Gasteiger partial charge in [0.1, 0.15) is 11.6 Å². The number of hydrogen-bond acceptors (Lipinski definition) is 6. The minimum absolute atomic E-state index is 0.0592. The highest BCUT2D eigenvalue weighted by atomic mass is 16.5. The summed E-state index contributed by atoms with van der Waals surface area (Å²) >= 11 is 0. The van der Waals surface area contributed by atoms with Gasteiger partial charge < -0.3 is 20.1 Å². The Morgan fingerprint density at radius 1 is 1.23 bits per heavy atom. The van der Waals surface area contributed by atoms with E-state index in [-0.39, 0.29) is 12.5 Å². The van der Waals surface area contributed by atoms with Gasteiger partial charge in [0, 0.05) is 18.7 Å². The molecular formula is C19H24N4O3. The minimum Gasteiger partial charge on any atom is -0.484 e. The molecule has 7 heteroatoms. The highest BCUT2D eigenvalue weighted by Crippen LogP contribution is 2.16. The number of carbonyl (C=O) groups excluding carboxylic acids is 1. The summed E-state index contributed by atoms with van der Waals surface area (Å²) in [6.45, 7) is 8.38. The monoisotopic (exact) mass is 356 g/mol. The molecule has 2 N–H and O–H groups in total. The molecule has 1 aromatic heterocycles. The number of anilines is 1. The Kier molecular flexibility index (Phi) is 6.96. The predicted molar refractivity (Wildman–Crippen MR) is 100 cm³/mol. The first-order chi connectivity index (χ1) is 12.5. The number of aryl methyl sites for hydroxylation is 2. The first-order valence-corrected chi connectivity index (χ1v) is 8.25. The average molecular weight is 356 g/mol. The lowest BCUT2D eigenvalue weighted by Crippen LogP contribution is -2.28. The number of nitrogens with one attached hydrogen (secondary N) is 2. The molecule has 0 aliphatic carbocycles. The second-order valence-corrected chi connectivity index (χ2v) is 5.81. The Hall–Kier alpha value is -3.09. The van der Waals surface area contributed by atoms with E-state index in [1.807, 2.05) is 32.0 Å². The van der Waals surface area contributed by atoms with E-state index in [0.717, 1.165) is 5.56 Å². The van der Waals surface area contributed by atoms with E-state index in [1.165, 1.54) is 18.9 Å². The van der Waals surface area contributed by atoms with Gasteiger partial charge in [-0.3, -0.25) is 9.78 Å². The molecule has 0 bridgehead atoms. The van der Waals surface area contributed by atoms with Crippen LogP contribution in [0, 0.1) is 13.8 Å². The van der Waals surface area contributed by atoms with Gasteiger partial charge in [0.15, 0.2) is 6.61 Å². The summed E-state index contributed by atoms with van der Waals surface area (Å²) in [7, 11) is 1.53. The summed E-state index contributed by atoms with van der Waals surface area (Å²) in [6.07, 6.45) is 3.68. The van der Waals surface area contributed by atoms with Gasteiger partial charge in [0.05, 0.1) is 19.5 Å². The van der Waals surface area contributed by atoms with Gasteiger partial charge in [-0.05, 0) is 37.1 Å². The standard InChI is InChI=1S/C19H24N4O3/c1-13-5-6-16(9-14(13)2)26-12-18(24)22-15(3)7-8-21-17-10-20-11-19(23-17)25-4/h5-6,9-11H,3,7-8,12H2,1-2,4H3,(H,21,23)(H,22,24). The molecule has 0 unspecified atom stereocenters. The van der Waals surface area contributed by atoms with Crippen LogP contribution in [0.2, 0.25) is 0 Å². The molecule has 138 valence electrons. The summed E-state index contributed by atoms with van der Waals surface area (Å²) in [6, 6.07) is 5.73. The third kappa shape index (κ3) is 6.08. The van der Waals surface area contributed by atoms with Crippen molar-refractivity contribution in [1.82, 2.24) is 15.3 Å². The summed E-state index contributed by atoms with van der Waals surface area (Å²) in [5.41, 5.74) is 2.91. The zero-order chi connectivity index (χ0) is 18.9. The Morgan fingerprint density at radius 2 is 2.04 bits per heavy atom. The fourth-order valence-electron chi connectivity index (χ4n) is 2.12. The normalized spacial score (nSPS) is 10.1.